The van der Waals surface area contributed by atoms with Crippen molar-refractivity contribution in [2.75, 3.05) is 30.0 Å². The predicted octanol–water partition coefficient (Wildman–Crippen LogP) is 2.43. The molecule has 0 saturated heterocycles. The number of H-pyrrole nitrogens is 1. The highest BCUT2D eigenvalue weighted by Crippen LogP contribution is 2.23. The number of anilines is 3. The van der Waals surface area contributed by atoms with Gasteiger partial charge in [-0.05, 0) is 24.1 Å². The summed E-state index contributed by atoms with van der Waals surface area (Å²) in [5.41, 5.74) is 9.11. The summed E-state index contributed by atoms with van der Waals surface area (Å²) in [6.45, 7) is 3.98. The summed E-state index contributed by atoms with van der Waals surface area (Å²) in [5.74, 6) is -0.123. The van der Waals surface area contributed by atoms with Crippen LogP contribution in [0.15, 0.2) is 24.3 Å². The van der Waals surface area contributed by atoms with E-state index in [1.54, 1.807) is 0 Å². The van der Waals surface area contributed by atoms with Gasteiger partial charge in [0.25, 0.3) is 5.91 Å². The Hall–Kier alpha value is -2.50. The Morgan fingerprint density at radius 3 is 2.67 bits per heavy atom. The number of nitrogens with zero attached hydrogens (tertiary/aromatic N) is 2. The average Bonchev–Trinajstić information content (AvgIpc) is 2.81. The minimum Gasteiger partial charge on any atom is -0.395 e. The number of hydrogen-bond acceptors (Lipinski definition) is 4. The molecule has 0 fully saturated rings. The standard InChI is InChI=1S/C15H21N5O/c1-9(2)13-12(16)14(19-18-13)15(21)17-10-6-5-7-11(8-10)20(3)4/h5-9H,16H2,1-4H3,(H,17,21)(H,18,19). The van der Waals surface area contributed by atoms with E-state index >= 15 is 0 Å². The van der Waals surface area contributed by atoms with Gasteiger partial charge in [0, 0.05) is 25.5 Å². The Bertz CT molecular complexity index is 645. The molecule has 1 aromatic heterocycles. The van der Waals surface area contributed by atoms with Crippen molar-refractivity contribution in [1.82, 2.24) is 10.2 Å². The Labute approximate surface area is 124 Å². The average molecular weight is 287 g/mol. The molecule has 0 aliphatic rings. The van der Waals surface area contributed by atoms with Crippen molar-refractivity contribution < 1.29 is 4.79 Å². The summed E-state index contributed by atoms with van der Waals surface area (Å²) in [6, 6.07) is 7.58. The molecule has 21 heavy (non-hydrogen) atoms. The van der Waals surface area contributed by atoms with E-state index in [0.717, 1.165) is 11.4 Å². The van der Waals surface area contributed by atoms with E-state index in [-0.39, 0.29) is 17.5 Å². The second-order valence-electron chi connectivity index (χ2n) is 5.45. The number of carbonyl (C=O) groups is 1. The molecule has 1 heterocycles. The van der Waals surface area contributed by atoms with Crippen molar-refractivity contribution in [2.45, 2.75) is 19.8 Å². The highest BCUT2D eigenvalue weighted by molar-refractivity contribution is 6.06. The summed E-state index contributed by atoms with van der Waals surface area (Å²) in [7, 11) is 3.89. The van der Waals surface area contributed by atoms with Crippen LogP contribution in [0, 0.1) is 0 Å². The van der Waals surface area contributed by atoms with Crippen LogP contribution in [0.2, 0.25) is 0 Å². The number of hydrogen-bond donors (Lipinski definition) is 3. The van der Waals surface area contributed by atoms with Crippen LogP contribution in [0.4, 0.5) is 17.1 Å². The van der Waals surface area contributed by atoms with Crippen LogP contribution in [0.3, 0.4) is 0 Å². The van der Waals surface area contributed by atoms with Crippen molar-refractivity contribution in [3.05, 3.63) is 35.7 Å². The Morgan fingerprint density at radius 1 is 1.38 bits per heavy atom. The molecule has 6 heteroatoms. The molecule has 0 unspecified atom stereocenters. The number of amides is 1. The SMILES string of the molecule is CC(C)c1[nH]nc(C(=O)Nc2cccc(N(C)C)c2)c1N. The number of rotatable bonds is 4. The molecule has 6 nitrogen and oxygen atoms in total. The van der Waals surface area contributed by atoms with E-state index < -0.39 is 0 Å². The molecule has 1 amide bonds. The van der Waals surface area contributed by atoms with Crippen LogP contribution in [-0.4, -0.2) is 30.2 Å². The Kier molecular flexibility index (Phi) is 4.16. The Morgan fingerprint density at radius 2 is 2.10 bits per heavy atom. The van der Waals surface area contributed by atoms with Crippen molar-refractivity contribution in [3.8, 4) is 0 Å². The number of aromatic amines is 1. The second kappa shape index (κ2) is 5.87. The first-order valence-electron chi connectivity index (χ1n) is 6.82. The summed E-state index contributed by atoms with van der Waals surface area (Å²) in [4.78, 5) is 14.2. The zero-order chi connectivity index (χ0) is 15.6. The lowest BCUT2D eigenvalue weighted by Crippen LogP contribution is -2.15. The van der Waals surface area contributed by atoms with Gasteiger partial charge in [0.2, 0.25) is 0 Å². The molecule has 2 rings (SSSR count). The maximum atomic E-state index is 12.3. The highest BCUT2D eigenvalue weighted by Gasteiger charge is 2.19. The fourth-order valence-electron chi connectivity index (χ4n) is 2.03. The molecule has 0 atom stereocenters. The zero-order valence-electron chi connectivity index (χ0n) is 12.8. The van der Waals surface area contributed by atoms with Gasteiger partial charge in [-0.15, -0.1) is 0 Å². The van der Waals surface area contributed by atoms with Crippen LogP contribution >= 0.6 is 0 Å². The van der Waals surface area contributed by atoms with Gasteiger partial charge in [-0.2, -0.15) is 5.10 Å². The normalized spacial score (nSPS) is 10.7. The van der Waals surface area contributed by atoms with Gasteiger partial charge in [-0.1, -0.05) is 19.9 Å². The lowest BCUT2D eigenvalue weighted by molar-refractivity contribution is 0.102. The highest BCUT2D eigenvalue weighted by atomic mass is 16.2. The molecular weight excluding hydrogens is 266 g/mol. The number of aromatic nitrogens is 2. The molecule has 0 aliphatic heterocycles. The smallest absolute Gasteiger partial charge is 0.278 e. The first-order valence-corrected chi connectivity index (χ1v) is 6.82. The third-order valence-corrected chi connectivity index (χ3v) is 3.25. The van der Waals surface area contributed by atoms with E-state index in [9.17, 15) is 4.79 Å². The van der Waals surface area contributed by atoms with Gasteiger partial charge in [-0.25, -0.2) is 0 Å². The lowest BCUT2D eigenvalue weighted by Gasteiger charge is -2.13. The van der Waals surface area contributed by atoms with Gasteiger partial charge >= 0.3 is 0 Å². The molecule has 2 aromatic rings. The maximum absolute atomic E-state index is 12.3. The largest absolute Gasteiger partial charge is 0.395 e. The van der Waals surface area contributed by atoms with Crippen LogP contribution in [0.1, 0.15) is 35.9 Å². The number of nitrogens with one attached hydrogen (secondary N) is 2. The molecule has 0 radical (unpaired) electrons. The van der Waals surface area contributed by atoms with Crippen LogP contribution < -0.4 is 16.0 Å². The quantitative estimate of drug-likeness (QED) is 0.806. The van der Waals surface area contributed by atoms with Gasteiger partial charge in [-0.3, -0.25) is 9.89 Å². The van der Waals surface area contributed by atoms with Crippen molar-refractivity contribution in [1.29, 1.82) is 0 Å². The van der Waals surface area contributed by atoms with E-state index in [0.29, 0.717) is 11.4 Å². The van der Waals surface area contributed by atoms with Gasteiger partial charge in [0.1, 0.15) is 0 Å². The third kappa shape index (κ3) is 3.16. The van der Waals surface area contributed by atoms with E-state index in [2.05, 4.69) is 15.5 Å². The topological polar surface area (TPSA) is 87.0 Å². The number of nitrogens with two attached hydrogens (primary N) is 1. The molecule has 4 N–H and O–H groups in total. The summed E-state index contributed by atoms with van der Waals surface area (Å²) in [5, 5.41) is 9.66. The summed E-state index contributed by atoms with van der Waals surface area (Å²) in [6.07, 6.45) is 0. The van der Waals surface area contributed by atoms with Crippen molar-refractivity contribution in [2.24, 2.45) is 0 Å². The monoisotopic (exact) mass is 287 g/mol. The van der Waals surface area contributed by atoms with Crippen LogP contribution in [0.5, 0.6) is 0 Å². The van der Waals surface area contributed by atoms with Crippen LogP contribution in [-0.2, 0) is 0 Å². The lowest BCUT2D eigenvalue weighted by atomic mass is 10.1. The number of benzene rings is 1. The number of nitrogen functional groups attached to an aromatic ring is 1. The minimum absolute atomic E-state index is 0.191. The zero-order valence-corrected chi connectivity index (χ0v) is 12.8. The summed E-state index contributed by atoms with van der Waals surface area (Å²) < 4.78 is 0. The second-order valence-corrected chi connectivity index (χ2v) is 5.45. The summed E-state index contributed by atoms with van der Waals surface area (Å²) >= 11 is 0. The molecule has 0 saturated carbocycles. The van der Waals surface area contributed by atoms with Gasteiger partial charge < -0.3 is 16.0 Å². The molecule has 1 aromatic carbocycles. The molecule has 0 spiro atoms. The maximum Gasteiger partial charge on any atom is 0.278 e. The molecular formula is C15H21N5O. The van der Waals surface area contributed by atoms with E-state index in [1.807, 2.05) is 57.1 Å². The molecule has 0 aliphatic carbocycles. The Balaban J connectivity index is 2.20. The number of carbonyl (C=O) groups excluding carboxylic acids is 1. The fraction of sp³-hybridized carbons (Fsp3) is 0.333. The van der Waals surface area contributed by atoms with Crippen LogP contribution in [0.25, 0.3) is 0 Å². The van der Waals surface area contributed by atoms with E-state index in [4.69, 9.17) is 5.73 Å². The first-order chi connectivity index (χ1) is 9.90. The molecule has 112 valence electrons. The van der Waals surface area contributed by atoms with Gasteiger partial charge in [0.15, 0.2) is 5.69 Å². The minimum atomic E-state index is -0.313. The van der Waals surface area contributed by atoms with E-state index in [1.165, 1.54) is 0 Å². The predicted molar refractivity (Wildman–Crippen MR) is 85.8 cm³/mol. The first kappa shape index (κ1) is 14.9. The fourth-order valence-corrected chi connectivity index (χ4v) is 2.03. The third-order valence-electron chi connectivity index (χ3n) is 3.25. The van der Waals surface area contributed by atoms with Crippen molar-refractivity contribution >= 4 is 23.0 Å². The molecule has 0 bridgehead atoms. The van der Waals surface area contributed by atoms with Gasteiger partial charge in [0.05, 0.1) is 11.4 Å². The van der Waals surface area contributed by atoms with Crippen molar-refractivity contribution in [3.63, 3.8) is 0 Å².